The van der Waals surface area contributed by atoms with Gasteiger partial charge in [0.15, 0.2) is 0 Å². The first-order valence-electron chi connectivity index (χ1n) is 5.70. The first-order valence-corrected chi connectivity index (χ1v) is 5.70. The van der Waals surface area contributed by atoms with Gasteiger partial charge in [-0.3, -0.25) is 10.3 Å². The highest BCUT2D eigenvalue weighted by Crippen LogP contribution is 2.15. The van der Waals surface area contributed by atoms with E-state index in [1.807, 2.05) is 0 Å². The third kappa shape index (κ3) is 4.18. The Kier molecular flexibility index (Phi) is 4.11. The fraction of sp³-hybridized carbons (Fsp3) is 0.909. The summed E-state index contributed by atoms with van der Waals surface area (Å²) in [6.45, 7) is 12.2. The van der Waals surface area contributed by atoms with Crippen LogP contribution in [-0.4, -0.2) is 53.9 Å². The van der Waals surface area contributed by atoms with E-state index in [4.69, 9.17) is 11.1 Å². The second-order valence-corrected chi connectivity index (χ2v) is 5.27. The number of hydrogen-bond donors (Lipinski definition) is 2. The number of nitrogens with two attached hydrogens (primary N) is 1. The van der Waals surface area contributed by atoms with E-state index in [1.54, 1.807) is 0 Å². The molecule has 1 aliphatic rings. The average molecular weight is 212 g/mol. The van der Waals surface area contributed by atoms with Crippen molar-refractivity contribution in [3.63, 3.8) is 0 Å². The maximum Gasteiger partial charge on any atom is 0.0918 e. The summed E-state index contributed by atoms with van der Waals surface area (Å²) in [7, 11) is 0. The molecule has 3 N–H and O–H groups in total. The van der Waals surface area contributed by atoms with Crippen LogP contribution < -0.4 is 5.73 Å². The molecule has 1 aliphatic heterocycles. The summed E-state index contributed by atoms with van der Waals surface area (Å²) in [5, 5.41) is 7.19. The van der Waals surface area contributed by atoms with Gasteiger partial charge < -0.3 is 10.6 Å². The Morgan fingerprint density at radius 1 is 1.20 bits per heavy atom. The number of amidine groups is 1. The molecule has 0 spiro atoms. The third-order valence-electron chi connectivity index (χ3n) is 3.02. The van der Waals surface area contributed by atoms with E-state index in [9.17, 15) is 0 Å². The minimum absolute atomic E-state index is 0.284. The van der Waals surface area contributed by atoms with Gasteiger partial charge in [-0.1, -0.05) is 0 Å². The van der Waals surface area contributed by atoms with Gasteiger partial charge in [-0.15, -0.1) is 0 Å². The molecule has 4 heteroatoms. The molecule has 0 aliphatic carbocycles. The number of nitrogens with one attached hydrogen (secondary N) is 1. The summed E-state index contributed by atoms with van der Waals surface area (Å²) in [4.78, 5) is 4.90. The van der Waals surface area contributed by atoms with Gasteiger partial charge in [0, 0.05) is 44.7 Å². The van der Waals surface area contributed by atoms with Crippen LogP contribution in [-0.2, 0) is 0 Å². The number of piperazine rings is 1. The molecule has 15 heavy (non-hydrogen) atoms. The van der Waals surface area contributed by atoms with E-state index in [1.165, 1.54) is 0 Å². The molecule has 0 aromatic carbocycles. The van der Waals surface area contributed by atoms with Gasteiger partial charge in [0.1, 0.15) is 0 Å². The predicted octanol–water partition coefficient (Wildman–Crippen LogP) is 0.729. The quantitative estimate of drug-likeness (QED) is 0.535. The Morgan fingerprint density at radius 3 is 2.13 bits per heavy atom. The molecule has 0 aromatic rings. The zero-order chi connectivity index (χ0) is 11.5. The van der Waals surface area contributed by atoms with E-state index in [-0.39, 0.29) is 5.54 Å². The van der Waals surface area contributed by atoms with Crippen LogP contribution in [0.1, 0.15) is 27.2 Å². The number of hydrogen-bond acceptors (Lipinski definition) is 3. The molecule has 1 heterocycles. The van der Waals surface area contributed by atoms with Gasteiger partial charge >= 0.3 is 0 Å². The van der Waals surface area contributed by atoms with Crippen LogP contribution in [0.25, 0.3) is 0 Å². The molecular weight excluding hydrogens is 188 g/mol. The summed E-state index contributed by atoms with van der Waals surface area (Å²) in [5.74, 6) is 0.299. The lowest BCUT2D eigenvalue weighted by molar-refractivity contribution is 0.0635. The summed E-state index contributed by atoms with van der Waals surface area (Å²) in [6, 6.07) is 0. The minimum atomic E-state index is 0.284. The Morgan fingerprint density at radius 2 is 1.73 bits per heavy atom. The lowest BCUT2D eigenvalue weighted by atomic mass is 10.0. The molecule has 1 saturated heterocycles. The van der Waals surface area contributed by atoms with Crippen LogP contribution in [0.4, 0.5) is 0 Å². The number of nitrogens with zero attached hydrogens (tertiary/aromatic N) is 2. The lowest BCUT2D eigenvalue weighted by Crippen LogP contribution is -2.53. The van der Waals surface area contributed by atoms with Crippen molar-refractivity contribution in [2.45, 2.75) is 32.7 Å². The molecule has 0 unspecified atom stereocenters. The molecule has 88 valence electrons. The van der Waals surface area contributed by atoms with Gasteiger partial charge in [0.2, 0.25) is 0 Å². The summed E-state index contributed by atoms with van der Waals surface area (Å²) >= 11 is 0. The maximum atomic E-state index is 7.19. The molecule has 1 fully saturated rings. The highest BCUT2D eigenvalue weighted by atomic mass is 15.3. The Hall–Kier alpha value is -0.610. The van der Waals surface area contributed by atoms with E-state index < -0.39 is 0 Å². The standard InChI is InChI=1S/C11H24N4/c1-11(2,3)15-8-6-14(7-9-15)5-4-10(12)13/h4-9H2,1-3H3,(H3,12,13). The number of rotatable bonds is 3. The van der Waals surface area contributed by atoms with Crippen LogP contribution >= 0.6 is 0 Å². The fourth-order valence-electron chi connectivity index (χ4n) is 1.92. The Balaban J connectivity index is 2.27. The van der Waals surface area contributed by atoms with Gasteiger partial charge in [-0.25, -0.2) is 0 Å². The molecule has 0 saturated carbocycles. The van der Waals surface area contributed by atoms with Crippen molar-refractivity contribution in [2.24, 2.45) is 5.73 Å². The summed E-state index contributed by atoms with van der Waals surface area (Å²) < 4.78 is 0. The van der Waals surface area contributed by atoms with E-state index in [2.05, 4.69) is 30.6 Å². The van der Waals surface area contributed by atoms with Crippen molar-refractivity contribution < 1.29 is 0 Å². The van der Waals surface area contributed by atoms with Crippen molar-refractivity contribution in [2.75, 3.05) is 32.7 Å². The van der Waals surface area contributed by atoms with E-state index >= 15 is 0 Å². The second-order valence-electron chi connectivity index (χ2n) is 5.27. The predicted molar refractivity (Wildman–Crippen MR) is 64.3 cm³/mol. The SMILES string of the molecule is CC(C)(C)N1CCN(CCC(=N)N)CC1. The molecule has 4 nitrogen and oxygen atoms in total. The average Bonchev–Trinajstić information content (AvgIpc) is 2.14. The Bertz CT molecular complexity index is 211. The first kappa shape index (κ1) is 12.5. The van der Waals surface area contributed by atoms with Gasteiger partial charge in [0.25, 0.3) is 0 Å². The monoisotopic (exact) mass is 212 g/mol. The minimum Gasteiger partial charge on any atom is -0.388 e. The van der Waals surface area contributed by atoms with Crippen molar-refractivity contribution in [3.05, 3.63) is 0 Å². The van der Waals surface area contributed by atoms with Gasteiger partial charge in [0.05, 0.1) is 5.84 Å². The molecule has 0 radical (unpaired) electrons. The fourth-order valence-corrected chi connectivity index (χ4v) is 1.92. The first-order chi connectivity index (χ1) is 6.89. The van der Waals surface area contributed by atoms with Gasteiger partial charge in [-0.05, 0) is 20.8 Å². The van der Waals surface area contributed by atoms with Crippen molar-refractivity contribution in [1.29, 1.82) is 5.41 Å². The molecule has 0 amide bonds. The topological polar surface area (TPSA) is 56.4 Å². The zero-order valence-electron chi connectivity index (χ0n) is 10.2. The maximum absolute atomic E-state index is 7.19. The molecule has 0 aromatic heterocycles. The summed E-state index contributed by atoms with van der Waals surface area (Å²) in [5.41, 5.74) is 5.64. The normalized spacial score (nSPS) is 20.5. The molecular formula is C11H24N4. The highest BCUT2D eigenvalue weighted by molar-refractivity contribution is 5.76. The van der Waals surface area contributed by atoms with Gasteiger partial charge in [-0.2, -0.15) is 0 Å². The second kappa shape index (κ2) is 4.94. The van der Waals surface area contributed by atoms with E-state index in [0.29, 0.717) is 12.3 Å². The molecule has 0 atom stereocenters. The third-order valence-corrected chi connectivity index (χ3v) is 3.02. The smallest absolute Gasteiger partial charge is 0.0918 e. The van der Waals surface area contributed by atoms with Crippen LogP contribution in [0.3, 0.4) is 0 Å². The molecule has 1 rings (SSSR count). The van der Waals surface area contributed by atoms with Crippen LogP contribution in [0.2, 0.25) is 0 Å². The highest BCUT2D eigenvalue weighted by Gasteiger charge is 2.25. The van der Waals surface area contributed by atoms with Crippen molar-refractivity contribution in [3.8, 4) is 0 Å². The zero-order valence-corrected chi connectivity index (χ0v) is 10.2. The van der Waals surface area contributed by atoms with E-state index in [0.717, 1.165) is 32.7 Å². The van der Waals surface area contributed by atoms with Crippen LogP contribution in [0.15, 0.2) is 0 Å². The Labute approximate surface area is 92.9 Å². The van der Waals surface area contributed by atoms with Crippen LogP contribution in [0.5, 0.6) is 0 Å². The molecule has 0 bridgehead atoms. The summed E-state index contributed by atoms with van der Waals surface area (Å²) in [6.07, 6.45) is 0.704. The van der Waals surface area contributed by atoms with Crippen molar-refractivity contribution >= 4 is 5.84 Å². The van der Waals surface area contributed by atoms with Crippen LogP contribution in [0, 0.1) is 5.41 Å². The largest absolute Gasteiger partial charge is 0.388 e. The lowest BCUT2D eigenvalue weighted by Gasteiger charge is -2.42. The van der Waals surface area contributed by atoms with Crippen molar-refractivity contribution in [1.82, 2.24) is 9.80 Å².